The van der Waals surface area contributed by atoms with Crippen molar-refractivity contribution in [2.45, 2.75) is 11.7 Å². The highest BCUT2D eigenvalue weighted by atomic mass is 35.5. The molecule has 2 aromatic rings. The number of carbonyl (C=O) groups is 2. The van der Waals surface area contributed by atoms with Crippen molar-refractivity contribution in [1.82, 2.24) is 9.80 Å². The molecule has 33 heavy (non-hydrogen) atoms. The average molecular weight is 491 g/mol. The number of rotatable bonds is 7. The van der Waals surface area contributed by atoms with Crippen LogP contribution in [0.25, 0.3) is 0 Å². The van der Waals surface area contributed by atoms with Crippen LogP contribution in [0.5, 0.6) is 0 Å². The summed E-state index contributed by atoms with van der Waals surface area (Å²) in [4.78, 5) is 34.2. The molecule has 0 radical (unpaired) electrons. The van der Waals surface area contributed by atoms with Crippen LogP contribution in [0.2, 0.25) is 5.02 Å². The molecule has 1 atom stereocenters. The van der Waals surface area contributed by atoms with Crippen LogP contribution in [0.4, 0.5) is 15.8 Å². The minimum atomic E-state index is -0.590. The molecule has 0 saturated carbocycles. The maximum Gasteiger partial charge on any atom is 0.242 e. The number of amidine groups is 1. The number of anilines is 1. The van der Waals surface area contributed by atoms with E-state index in [2.05, 4.69) is 15.2 Å². The van der Waals surface area contributed by atoms with Crippen LogP contribution in [0.1, 0.15) is 6.42 Å². The zero-order valence-electron chi connectivity index (χ0n) is 17.9. The molecule has 2 amide bonds. The summed E-state index contributed by atoms with van der Waals surface area (Å²) in [5.74, 6) is -0.788. The van der Waals surface area contributed by atoms with Gasteiger partial charge in [0.05, 0.1) is 18.9 Å². The third-order valence-corrected chi connectivity index (χ3v) is 6.70. The van der Waals surface area contributed by atoms with Crippen molar-refractivity contribution in [2.75, 3.05) is 44.7 Å². The molecule has 2 saturated heterocycles. The van der Waals surface area contributed by atoms with E-state index >= 15 is 0 Å². The van der Waals surface area contributed by atoms with Gasteiger partial charge in [-0.05, 0) is 42.5 Å². The first-order valence-electron chi connectivity index (χ1n) is 10.7. The Morgan fingerprint density at radius 1 is 1.18 bits per heavy atom. The molecule has 2 heterocycles. The minimum absolute atomic E-state index is 0.00645. The fourth-order valence-electron chi connectivity index (χ4n) is 3.57. The van der Waals surface area contributed by atoms with Gasteiger partial charge in [0.15, 0.2) is 5.17 Å². The quantitative estimate of drug-likeness (QED) is 0.639. The second-order valence-corrected chi connectivity index (χ2v) is 9.29. The van der Waals surface area contributed by atoms with Gasteiger partial charge in [-0.3, -0.25) is 19.4 Å². The Labute approximate surface area is 200 Å². The lowest BCUT2D eigenvalue weighted by atomic mass is 10.2. The van der Waals surface area contributed by atoms with Gasteiger partial charge in [0.1, 0.15) is 11.1 Å². The van der Waals surface area contributed by atoms with Crippen molar-refractivity contribution < 1.29 is 18.7 Å². The van der Waals surface area contributed by atoms with Crippen molar-refractivity contribution >= 4 is 51.7 Å². The van der Waals surface area contributed by atoms with E-state index in [0.29, 0.717) is 47.9 Å². The molecule has 174 valence electrons. The summed E-state index contributed by atoms with van der Waals surface area (Å²) in [6, 6.07) is 12.6. The lowest BCUT2D eigenvalue weighted by molar-refractivity contribution is -0.128. The molecule has 0 spiro atoms. The molecule has 1 unspecified atom stereocenters. The van der Waals surface area contributed by atoms with Crippen LogP contribution in [0, 0.1) is 5.82 Å². The Bertz CT molecular complexity index is 1030. The predicted octanol–water partition coefficient (Wildman–Crippen LogP) is 3.77. The van der Waals surface area contributed by atoms with Crippen molar-refractivity contribution in [3.8, 4) is 0 Å². The average Bonchev–Trinajstić information content (AvgIpc) is 3.08. The largest absolute Gasteiger partial charge is 0.379 e. The third-order valence-electron chi connectivity index (χ3n) is 5.29. The highest BCUT2D eigenvalue weighted by Crippen LogP contribution is 2.32. The summed E-state index contributed by atoms with van der Waals surface area (Å²) in [5, 5.41) is 3.23. The minimum Gasteiger partial charge on any atom is -0.379 e. The number of carbonyl (C=O) groups excluding carboxylic acids is 2. The van der Waals surface area contributed by atoms with E-state index < -0.39 is 5.25 Å². The van der Waals surface area contributed by atoms with Gasteiger partial charge < -0.3 is 10.1 Å². The van der Waals surface area contributed by atoms with Crippen molar-refractivity contribution in [3.63, 3.8) is 0 Å². The van der Waals surface area contributed by atoms with Gasteiger partial charge in [-0.1, -0.05) is 29.4 Å². The number of morpholine rings is 1. The van der Waals surface area contributed by atoms with Gasteiger partial charge in [-0.25, -0.2) is 9.38 Å². The van der Waals surface area contributed by atoms with Gasteiger partial charge in [0.2, 0.25) is 11.8 Å². The highest BCUT2D eigenvalue weighted by molar-refractivity contribution is 8.15. The summed E-state index contributed by atoms with van der Waals surface area (Å²) in [6.45, 7) is 4.10. The van der Waals surface area contributed by atoms with Crippen LogP contribution in [-0.4, -0.2) is 71.4 Å². The van der Waals surface area contributed by atoms with E-state index in [1.807, 2.05) is 0 Å². The Morgan fingerprint density at radius 3 is 2.67 bits per heavy atom. The molecule has 2 fully saturated rings. The van der Waals surface area contributed by atoms with Crippen molar-refractivity contribution in [1.29, 1.82) is 0 Å². The lowest BCUT2D eigenvalue weighted by Crippen LogP contribution is -2.43. The maximum atomic E-state index is 13.3. The van der Waals surface area contributed by atoms with Crippen LogP contribution in [0.15, 0.2) is 53.5 Å². The fourth-order valence-corrected chi connectivity index (χ4v) is 4.94. The first kappa shape index (κ1) is 23.7. The first-order chi connectivity index (χ1) is 16.0. The standard InChI is InChI=1S/C23H24ClFN4O3S/c24-16-2-1-3-19(14-16)26-21(30)15-20-22(31)29(9-8-28-10-12-32-13-11-28)23(33-20)27-18-6-4-17(25)5-7-18/h1-7,14,20H,8-13,15H2,(H,26,30). The van der Waals surface area contributed by atoms with Gasteiger partial charge in [0, 0.05) is 43.3 Å². The number of hydrogen-bond donors (Lipinski definition) is 1. The second-order valence-electron chi connectivity index (χ2n) is 7.68. The number of thioether (sulfide) groups is 1. The number of ether oxygens (including phenoxy) is 1. The van der Waals surface area contributed by atoms with Gasteiger partial charge >= 0.3 is 0 Å². The zero-order chi connectivity index (χ0) is 23.2. The number of nitrogens with zero attached hydrogens (tertiary/aromatic N) is 3. The number of benzene rings is 2. The molecule has 2 aliphatic rings. The third kappa shape index (κ3) is 6.54. The van der Waals surface area contributed by atoms with Gasteiger partial charge in [-0.15, -0.1) is 0 Å². The molecule has 1 N–H and O–H groups in total. The number of aliphatic imine (C=N–C) groups is 1. The van der Waals surface area contributed by atoms with Crippen LogP contribution >= 0.6 is 23.4 Å². The SMILES string of the molecule is O=C(CC1SC(=Nc2ccc(F)cc2)N(CCN2CCOCC2)C1=O)Nc1cccc(Cl)c1. The normalized spacial score (nSPS) is 20.4. The lowest BCUT2D eigenvalue weighted by Gasteiger charge is -2.28. The van der Waals surface area contributed by atoms with Crippen LogP contribution in [-0.2, 0) is 14.3 Å². The van der Waals surface area contributed by atoms with Gasteiger partial charge in [-0.2, -0.15) is 0 Å². The summed E-state index contributed by atoms with van der Waals surface area (Å²) in [6.07, 6.45) is 0.00645. The van der Waals surface area contributed by atoms with E-state index in [0.717, 1.165) is 13.1 Å². The zero-order valence-corrected chi connectivity index (χ0v) is 19.4. The molecule has 0 aliphatic carbocycles. The molecule has 2 aliphatic heterocycles. The number of nitrogens with one attached hydrogen (secondary N) is 1. The first-order valence-corrected chi connectivity index (χ1v) is 11.9. The summed E-state index contributed by atoms with van der Waals surface area (Å²) >= 11 is 7.24. The Morgan fingerprint density at radius 2 is 1.94 bits per heavy atom. The molecular formula is C23H24ClFN4O3S. The smallest absolute Gasteiger partial charge is 0.242 e. The predicted molar refractivity (Wildman–Crippen MR) is 129 cm³/mol. The van der Waals surface area contributed by atoms with Crippen molar-refractivity contribution in [3.05, 3.63) is 59.4 Å². The topological polar surface area (TPSA) is 74.2 Å². The van der Waals surface area contributed by atoms with E-state index in [1.54, 1.807) is 41.3 Å². The molecule has 10 heteroatoms. The second kappa shape index (κ2) is 11.1. The van der Waals surface area contributed by atoms with E-state index in [9.17, 15) is 14.0 Å². The summed E-state index contributed by atoms with van der Waals surface area (Å²) in [7, 11) is 0. The van der Waals surface area contributed by atoms with Crippen LogP contribution in [0.3, 0.4) is 0 Å². The maximum absolute atomic E-state index is 13.3. The molecule has 2 aromatic carbocycles. The highest BCUT2D eigenvalue weighted by Gasteiger charge is 2.39. The van der Waals surface area contributed by atoms with E-state index in [-0.39, 0.29) is 24.1 Å². The van der Waals surface area contributed by atoms with Crippen LogP contribution < -0.4 is 5.32 Å². The molecular weight excluding hydrogens is 467 g/mol. The Kier molecular flexibility index (Phi) is 7.97. The van der Waals surface area contributed by atoms with Gasteiger partial charge in [0.25, 0.3) is 0 Å². The molecule has 0 bridgehead atoms. The van der Waals surface area contributed by atoms with E-state index in [4.69, 9.17) is 16.3 Å². The number of halogens is 2. The summed E-state index contributed by atoms with van der Waals surface area (Å²) in [5.41, 5.74) is 1.12. The fraction of sp³-hybridized carbons (Fsp3) is 0.348. The number of amides is 2. The molecule has 4 rings (SSSR count). The van der Waals surface area contributed by atoms with E-state index in [1.165, 1.54) is 23.9 Å². The molecule has 0 aromatic heterocycles. The Balaban J connectivity index is 1.46. The molecule has 7 nitrogen and oxygen atoms in total. The Hall–Kier alpha value is -2.46. The van der Waals surface area contributed by atoms with Crippen molar-refractivity contribution in [2.24, 2.45) is 4.99 Å². The monoisotopic (exact) mass is 490 g/mol. The summed E-state index contributed by atoms with van der Waals surface area (Å²) < 4.78 is 18.7. The number of hydrogen-bond acceptors (Lipinski definition) is 6.